The topological polar surface area (TPSA) is 30.7 Å². The second kappa shape index (κ2) is 2.85. The van der Waals surface area contributed by atoms with Gasteiger partial charge in [0.1, 0.15) is 11.6 Å². The minimum absolute atomic E-state index is 1.03. The Balaban J connectivity index is 2.35. The zero-order valence-corrected chi connectivity index (χ0v) is 7.39. The predicted octanol–water partition coefficient (Wildman–Crippen LogP) is 1.22. The number of nitrogens with zero attached hydrogens (tertiary/aromatic N) is 3. The van der Waals surface area contributed by atoms with Crippen LogP contribution in [0, 0.1) is 6.92 Å². The van der Waals surface area contributed by atoms with Gasteiger partial charge in [0.15, 0.2) is 0 Å². The van der Waals surface area contributed by atoms with Crippen molar-refractivity contribution < 1.29 is 0 Å². The van der Waals surface area contributed by atoms with Crippen molar-refractivity contribution in [2.45, 2.75) is 25.6 Å². The van der Waals surface area contributed by atoms with Crippen LogP contribution >= 0.6 is 11.8 Å². The van der Waals surface area contributed by atoms with Gasteiger partial charge in [0, 0.05) is 6.54 Å². The van der Waals surface area contributed by atoms with Crippen LogP contribution < -0.4 is 0 Å². The van der Waals surface area contributed by atoms with Crippen LogP contribution in [-0.4, -0.2) is 20.5 Å². The Morgan fingerprint density at radius 2 is 2.36 bits per heavy atom. The summed E-state index contributed by atoms with van der Waals surface area (Å²) in [6.07, 6.45) is 1.25. The lowest BCUT2D eigenvalue weighted by atomic mass is 10.4. The van der Waals surface area contributed by atoms with E-state index in [0.29, 0.717) is 0 Å². The molecule has 60 valence electrons. The third-order valence-electron chi connectivity index (χ3n) is 1.91. The third-order valence-corrected chi connectivity index (χ3v) is 2.95. The Morgan fingerprint density at radius 3 is 3.27 bits per heavy atom. The van der Waals surface area contributed by atoms with E-state index in [9.17, 15) is 0 Å². The number of aryl methyl sites for hydroxylation is 1. The summed E-state index contributed by atoms with van der Waals surface area (Å²) in [6, 6.07) is 0. The van der Waals surface area contributed by atoms with E-state index in [4.69, 9.17) is 0 Å². The fraction of sp³-hybridized carbons (Fsp3) is 0.714. The lowest BCUT2D eigenvalue weighted by Crippen LogP contribution is -2.02. The summed E-state index contributed by atoms with van der Waals surface area (Å²) in [5, 5.41) is 8.15. The lowest BCUT2D eigenvalue weighted by Gasteiger charge is -2.00. The highest BCUT2D eigenvalue weighted by Gasteiger charge is 2.10. The number of hydrogen-bond acceptors (Lipinski definition) is 3. The molecule has 3 nitrogen and oxygen atoms in total. The smallest absolute Gasteiger partial charge is 0.143 e. The van der Waals surface area contributed by atoms with Crippen molar-refractivity contribution in [2.24, 2.45) is 0 Å². The van der Waals surface area contributed by atoms with Crippen molar-refractivity contribution in [1.82, 2.24) is 14.8 Å². The minimum Gasteiger partial charge on any atom is -0.314 e. The quantitative estimate of drug-likeness (QED) is 0.585. The van der Waals surface area contributed by atoms with Crippen molar-refractivity contribution >= 4 is 11.8 Å². The first kappa shape index (κ1) is 7.16. The van der Waals surface area contributed by atoms with E-state index in [-0.39, 0.29) is 0 Å². The van der Waals surface area contributed by atoms with Crippen LogP contribution in [0.5, 0.6) is 0 Å². The summed E-state index contributed by atoms with van der Waals surface area (Å²) in [5.41, 5.74) is 0. The SMILES string of the molecule is Cc1nnc2n1CCCSC2. The zero-order chi connectivity index (χ0) is 7.68. The molecule has 0 N–H and O–H groups in total. The number of hydrogen-bond donors (Lipinski definition) is 0. The van der Waals surface area contributed by atoms with Gasteiger partial charge < -0.3 is 4.57 Å². The molecule has 0 radical (unpaired) electrons. The van der Waals surface area contributed by atoms with Gasteiger partial charge in [-0.05, 0) is 19.1 Å². The molecule has 0 atom stereocenters. The average Bonchev–Trinajstić information content (AvgIpc) is 2.25. The highest BCUT2D eigenvalue weighted by molar-refractivity contribution is 7.98. The third kappa shape index (κ3) is 1.27. The summed E-state index contributed by atoms with van der Waals surface area (Å²) >= 11 is 1.95. The van der Waals surface area contributed by atoms with Crippen LogP contribution in [-0.2, 0) is 12.3 Å². The van der Waals surface area contributed by atoms with E-state index in [1.165, 1.54) is 12.2 Å². The second-order valence-electron chi connectivity index (χ2n) is 2.72. The van der Waals surface area contributed by atoms with Crippen LogP contribution in [0.4, 0.5) is 0 Å². The molecule has 11 heavy (non-hydrogen) atoms. The van der Waals surface area contributed by atoms with E-state index in [1.54, 1.807) is 0 Å². The van der Waals surface area contributed by atoms with Crippen LogP contribution in [0.1, 0.15) is 18.1 Å². The normalized spacial score (nSPS) is 17.5. The van der Waals surface area contributed by atoms with E-state index in [1.807, 2.05) is 18.7 Å². The van der Waals surface area contributed by atoms with Crippen molar-refractivity contribution in [3.05, 3.63) is 11.6 Å². The maximum Gasteiger partial charge on any atom is 0.143 e. The average molecular weight is 169 g/mol. The highest BCUT2D eigenvalue weighted by Crippen LogP contribution is 2.17. The monoisotopic (exact) mass is 169 g/mol. The maximum atomic E-state index is 4.11. The molecule has 0 fully saturated rings. The Bertz CT molecular complexity index is 256. The van der Waals surface area contributed by atoms with Gasteiger partial charge in [-0.2, -0.15) is 11.8 Å². The van der Waals surface area contributed by atoms with Gasteiger partial charge in [-0.3, -0.25) is 0 Å². The van der Waals surface area contributed by atoms with E-state index in [0.717, 1.165) is 23.9 Å². The summed E-state index contributed by atoms with van der Waals surface area (Å²) < 4.78 is 2.22. The molecule has 1 aliphatic heterocycles. The number of rotatable bonds is 0. The molecule has 0 bridgehead atoms. The van der Waals surface area contributed by atoms with Crippen LogP contribution in [0.25, 0.3) is 0 Å². The minimum atomic E-state index is 1.03. The molecule has 2 rings (SSSR count). The van der Waals surface area contributed by atoms with Crippen molar-refractivity contribution in [3.63, 3.8) is 0 Å². The molecular formula is C7H11N3S. The lowest BCUT2D eigenvalue weighted by molar-refractivity contribution is 0.649. The fourth-order valence-electron chi connectivity index (χ4n) is 1.31. The standard InChI is InChI=1S/C7H11N3S/c1-6-8-9-7-5-11-4-2-3-10(6)7/h2-5H2,1H3. The largest absolute Gasteiger partial charge is 0.314 e. The summed E-state index contributed by atoms with van der Waals surface area (Å²) in [5.74, 6) is 4.48. The molecule has 2 heterocycles. The van der Waals surface area contributed by atoms with Crippen molar-refractivity contribution in [3.8, 4) is 0 Å². The van der Waals surface area contributed by atoms with E-state index >= 15 is 0 Å². The van der Waals surface area contributed by atoms with Crippen molar-refractivity contribution in [2.75, 3.05) is 5.75 Å². The van der Waals surface area contributed by atoms with Gasteiger partial charge in [-0.1, -0.05) is 0 Å². The Hall–Kier alpha value is -0.510. The van der Waals surface area contributed by atoms with Gasteiger partial charge in [0.05, 0.1) is 5.75 Å². The summed E-state index contributed by atoms with van der Waals surface area (Å²) in [4.78, 5) is 0. The molecule has 0 saturated carbocycles. The Labute approximate surface area is 70.2 Å². The Kier molecular flexibility index (Phi) is 1.85. The van der Waals surface area contributed by atoms with E-state index < -0.39 is 0 Å². The molecule has 1 aromatic heterocycles. The molecule has 0 amide bonds. The van der Waals surface area contributed by atoms with Crippen LogP contribution in [0.15, 0.2) is 0 Å². The van der Waals surface area contributed by atoms with Gasteiger partial charge in [-0.25, -0.2) is 0 Å². The maximum absolute atomic E-state index is 4.11. The van der Waals surface area contributed by atoms with Gasteiger partial charge in [0.25, 0.3) is 0 Å². The number of fused-ring (bicyclic) bond motifs is 1. The number of thioether (sulfide) groups is 1. The number of aromatic nitrogens is 3. The second-order valence-corrected chi connectivity index (χ2v) is 3.83. The predicted molar refractivity (Wildman–Crippen MR) is 45.5 cm³/mol. The molecule has 1 aromatic rings. The van der Waals surface area contributed by atoms with E-state index in [2.05, 4.69) is 14.8 Å². The van der Waals surface area contributed by atoms with Crippen LogP contribution in [0.3, 0.4) is 0 Å². The molecule has 0 aliphatic carbocycles. The zero-order valence-electron chi connectivity index (χ0n) is 6.58. The molecule has 4 heteroatoms. The van der Waals surface area contributed by atoms with Crippen molar-refractivity contribution in [1.29, 1.82) is 0 Å². The molecule has 0 aromatic carbocycles. The van der Waals surface area contributed by atoms with Gasteiger partial charge in [-0.15, -0.1) is 10.2 Å². The molecule has 0 unspecified atom stereocenters. The first-order chi connectivity index (χ1) is 5.38. The fourth-order valence-corrected chi connectivity index (χ4v) is 2.18. The first-order valence-corrected chi connectivity index (χ1v) is 5.00. The highest BCUT2D eigenvalue weighted by atomic mass is 32.2. The summed E-state index contributed by atoms with van der Waals surface area (Å²) in [7, 11) is 0. The van der Waals surface area contributed by atoms with Gasteiger partial charge in [0.2, 0.25) is 0 Å². The van der Waals surface area contributed by atoms with Gasteiger partial charge >= 0.3 is 0 Å². The first-order valence-electron chi connectivity index (χ1n) is 3.84. The summed E-state index contributed by atoms with van der Waals surface area (Å²) in [6.45, 7) is 3.12. The molecule has 0 saturated heterocycles. The molecular weight excluding hydrogens is 158 g/mol. The Morgan fingerprint density at radius 1 is 1.45 bits per heavy atom. The molecule has 1 aliphatic rings. The molecule has 0 spiro atoms. The van der Waals surface area contributed by atoms with Crippen LogP contribution in [0.2, 0.25) is 0 Å².